The Morgan fingerprint density at radius 3 is 2.76 bits per heavy atom. The standard InChI is InChI=1S/C13H24N2O2/c1-10-9-12(5-8-17-10)14-11(2)13(16)15-6-3-4-7-15/h10-12,14H,3-9H2,1-2H3. The maximum absolute atomic E-state index is 12.1. The Hall–Kier alpha value is -0.610. The summed E-state index contributed by atoms with van der Waals surface area (Å²) in [6.07, 6.45) is 4.66. The lowest BCUT2D eigenvalue weighted by Gasteiger charge is -2.31. The van der Waals surface area contributed by atoms with Crippen LogP contribution in [0.4, 0.5) is 0 Å². The van der Waals surface area contributed by atoms with Gasteiger partial charge < -0.3 is 15.0 Å². The number of nitrogens with one attached hydrogen (secondary N) is 1. The molecule has 17 heavy (non-hydrogen) atoms. The number of carbonyl (C=O) groups is 1. The zero-order valence-electron chi connectivity index (χ0n) is 10.9. The summed E-state index contributed by atoms with van der Waals surface area (Å²) in [6, 6.07) is 0.378. The lowest BCUT2D eigenvalue weighted by Crippen LogP contribution is -2.49. The molecule has 3 atom stereocenters. The van der Waals surface area contributed by atoms with Gasteiger partial charge in [0.1, 0.15) is 0 Å². The van der Waals surface area contributed by atoms with E-state index in [2.05, 4.69) is 12.2 Å². The van der Waals surface area contributed by atoms with Crippen LogP contribution in [-0.4, -0.2) is 48.7 Å². The maximum atomic E-state index is 12.1. The van der Waals surface area contributed by atoms with Gasteiger partial charge >= 0.3 is 0 Å². The molecule has 2 aliphatic heterocycles. The fourth-order valence-corrected chi connectivity index (χ4v) is 2.79. The number of carbonyl (C=O) groups excluding carboxylic acids is 1. The van der Waals surface area contributed by atoms with Crippen LogP contribution in [0.1, 0.15) is 39.5 Å². The van der Waals surface area contributed by atoms with Gasteiger partial charge in [0, 0.05) is 25.7 Å². The number of amides is 1. The molecule has 4 nitrogen and oxygen atoms in total. The SMILES string of the molecule is CC1CC(NC(C)C(=O)N2CCCC2)CCO1. The van der Waals surface area contributed by atoms with Gasteiger partial charge in [0.05, 0.1) is 12.1 Å². The Bertz CT molecular complexity index is 264. The first-order valence-corrected chi connectivity index (χ1v) is 6.83. The zero-order chi connectivity index (χ0) is 12.3. The number of rotatable bonds is 3. The van der Waals surface area contributed by atoms with Crippen molar-refractivity contribution in [3.8, 4) is 0 Å². The minimum absolute atomic E-state index is 0.0524. The minimum atomic E-state index is -0.0524. The topological polar surface area (TPSA) is 41.6 Å². The van der Waals surface area contributed by atoms with Crippen molar-refractivity contribution in [3.63, 3.8) is 0 Å². The minimum Gasteiger partial charge on any atom is -0.378 e. The molecule has 0 aromatic carbocycles. The highest BCUT2D eigenvalue weighted by atomic mass is 16.5. The number of likely N-dealkylation sites (tertiary alicyclic amines) is 1. The number of nitrogens with zero attached hydrogens (tertiary/aromatic N) is 1. The molecule has 2 saturated heterocycles. The zero-order valence-corrected chi connectivity index (χ0v) is 10.9. The third kappa shape index (κ3) is 3.42. The summed E-state index contributed by atoms with van der Waals surface area (Å²) in [5.41, 5.74) is 0. The molecule has 2 heterocycles. The molecule has 0 aromatic rings. The first-order valence-electron chi connectivity index (χ1n) is 6.83. The van der Waals surface area contributed by atoms with E-state index in [1.807, 2.05) is 11.8 Å². The number of hydrogen-bond donors (Lipinski definition) is 1. The average molecular weight is 240 g/mol. The predicted octanol–water partition coefficient (Wildman–Crippen LogP) is 1.15. The molecule has 2 rings (SSSR count). The molecule has 0 radical (unpaired) electrons. The monoisotopic (exact) mass is 240 g/mol. The van der Waals surface area contributed by atoms with E-state index in [1.54, 1.807) is 0 Å². The van der Waals surface area contributed by atoms with E-state index in [9.17, 15) is 4.79 Å². The Kier molecular flexibility index (Phi) is 4.40. The van der Waals surface area contributed by atoms with Gasteiger partial charge in [-0.15, -0.1) is 0 Å². The number of ether oxygens (including phenoxy) is 1. The highest BCUT2D eigenvalue weighted by Gasteiger charge is 2.27. The Balaban J connectivity index is 1.79. The van der Waals surface area contributed by atoms with E-state index in [4.69, 9.17) is 4.74 Å². The summed E-state index contributed by atoms with van der Waals surface area (Å²) in [5.74, 6) is 0.265. The maximum Gasteiger partial charge on any atom is 0.239 e. The van der Waals surface area contributed by atoms with Gasteiger partial charge in [0.2, 0.25) is 5.91 Å². The average Bonchev–Trinajstić information content (AvgIpc) is 2.81. The molecule has 2 aliphatic rings. The van der Waals surface area contributed by atoms with E-state index in [0.717, 1.165) is 45.4 Å². The second kappa shape index (κ2) is 5.83. The first kappa shape index (κ1) is 12.8. The van der Waals surface area contributed by atoms with Gasteiger partial charge in [-0.1, -0.05) is 0 Å². The largest absolute Gasteiger partial charge is 0.378 e. The normalized spacial score (nSPS) is 31.5. The van der Waals surface area contributed by atoms with Gasteiger partial charge in [-0.3, -0.25) is 4.79 Å². The molecule has 1 amide bonds. The Morgan fingerprint density at radius 1 is 1.41 bits per heavy atom. The van der Waals surface area contributed by atoms with Crippen LogP contribution >= 0.6 is 0 Å². The van der Waals surface area contributed by atoms with Gasteiger partial charge in [0.25, 0.3) is 0 Å². The van der Waals surface area contributed by atoms with Crippen molar-refractivity contribution in [2.24, 2.45) is 0 Å². The molecule has 4 heteroatoms. The second-order valence-corrected chi connectivity index (χ2v) is 5.32. The fourth-order valence-electron chi connectivity index (χ4n) is 2.79. The summed E-state index contributed by atoms with van der Waals surface area (Å²) in [7, 11) is 0. The van der Waals surface area contributed by atoms with Crippen molar-refractivity contribution in [1.29, 1.82) is 0 Å². The third-order valence-electron chi connectivity index (χ3n) is 3.76. The van der Waals surface area contributed by atoms with Gasteiger partial charge in [-0.2, -0.15) is 0 Å². The highest BCUT2D eigenvalue weighted by molar-refractivity contribution is 5.81. The van der Waals surface area contributed by atoms with Crippen LogP contribution in [0.15, 0.2) is 0 Å². The van der Waals surface area contributed by atoms with Crippen LogP contribution in [0.2, 0.25) is 0 Å². The molecule has 2 fully saturated rings. The van der Waals surface area contributed by atoms with Crippen LogP contribution in [-0.2, 0) is 9.53 Å². The highest BCUT2D eigenvalue weighted by Crippen LogP contribution is 2.15. The molecule has 0 aromatic heterocycles. The predicted molar refractivity (Wildman–Crippen MR) is 66.8 cm³/mol. The van der Waals surface area contributed by atoms with E-state index >= 15 is 0 Å². The van der Waals surface area contributed by atoms with E-state index in [1.165, 1.54) is 0 Å². The van der Waals surface area contributed by atoms with Crippen molar-refractivity contribution in [1.82, 2.24) is 10.2 Å². The van der Waals surface area contributed by atoms with Crippen LogP contribution in [0.3, 0.4) is 0 Å². The van der Waals surface area contributed by atoms with E-state index < -0.39 is 0 Å². The van der Waals surface area contributed by atoms with Crippen molar-refractivity contribution in [3.05, 3.63) is 0 Å². The molecule has 0 spiro atoms. The van der Waals surface area contributed by atoms with Crippen LogP contribution in [0.25, 0.3) is 0 Å². The van der Waals surface area contributed by atoms with Crippen molar-refractivity contribution < 1.29 is 9.53 Å². The second-order valence-electron chi connectivity index (χ2n) is 5.32. The summed E-state index contributed by atoms with van der Waals surface area (Å²) in [4.78, 5) is 14.1. The fraction of sp³-hybridized carbons (Fsp3) is 0.923. The number of hydrogen-bond acceptors (Lipinski definition) is 3. The van der Waals surface area contributed by atoms with Gasteiger partial charge in [0.15, 0.2) is 0 Å². The molecule has 3 unspecified atom stereocenters. The van der Waals surface area contributed by atoms with Crippen molar-refractivity contribution >= 4 is 5.91 Å². The van der Waals surface area contributed by atoms with Crippen LogP contribution in [0, 0.1) is 0 Å². The lowest BCUT2D eigenvalue weighted by molar-refractivity contribution is -0.132. The summed E-state index contributed by atoms with van der Waals surface area (Å²) in [5, 5.41) is 3.45. The summed E-state index contributed by atoms with van der Waals surface area (Å²) >= 11 is 0. The smallest absolute Gasteiger partial charge is 0.239 e. The molecule has 98 valence electrons. The van der Waals surface area contributed by atoms with Gasteiger partial charge in [-0.05, 0) is 39.5 Å². The molecule has 0 aliphatic carbocycles. The van der Waals surface area contributed by atoms with Crippen molar-refractivity contribution in [2.75, 3.05) is 19.7 Å². The quantitative estimate of drug-likeness (QED) is 0.804. The lowest BCUT2D eigenvalue weighted by atomic mass is 10.0. The summed E-state index contributed by atoms with van der Waals surface area (Å²) in [6.45, 7) is 6.77. The van der Waals surface area contributed by atoms with Crippen LogP contribution < -0.4 is 5.32 Å². The Labute approximate surface area is 104 Å². The van der Waals surface area contributed by atoms with Gasteiger partial charge in [-0.25, -0.2) is 0 Å². The molecule has 0 saturated carbocycles. The summed E-state index contributed by atoms with van der Waals surface area (Å²) < 4.78 is 5.51. The molecular formula is C13H24N2O2. The Morgan fingerprint density at radius 2 is 2.12 bits per heavy atom. The molecule has 0 bridgehead atoms. The van der Waals surface area contributed by atoms with Crippen LogP contribution in [0.5, 0.6) is 0 Å². The van der Waals surface area contributed by atoms with E-state index in [-0.39, 0.29) is 11.9 Å². The third-order valence-corrected chi connectivity index (χ3v) is 3.76. The molecular weight excluding hydrogens is 216 g/mol. The first-order chi connectivity index (χ1) is 8.16. The van der Waals surface area contributed by atoms with Crippen molar-refractivity contribution in [2.45, 2.75) is 57.7 Å². The molecule has 1 N–H and O–H groups in total. The van der Waals surface area contributed by atoms with E-state index in [0.29, 0.717) is 12.1 Å².